The van der Waals surface area contributed by atoms with E-state index in [0.717, 1.165) is 10.9 Å². The molecule has 2 rings (SSSR count). The second-order valence-electron chi connectivity index (χ2n) is 3.93. The number of carboxylic acid groups (broad SMARTS) is 1. The largest absolute Gasteiger partial charge is 0.476 e. The second kappa shape index (κ2) is 5.77. The van der Waals surface area contributed by atoms with Crippen molar-refractivity contribution in [3.8, 4) is 0 Å². The van der Waals surface area contributed by atoms with Gasteiger partial charge in [-0.2, -0.15) is 0 Å². The number of carbonyl (C=O) groups excluding carboxylic acids is 1. The Bertz CT molecular complexity index is 711. The zero-order valence-electron chi connectivity index (χ0n) is 10.5. The van der Waals surface area contributed by atoms with Crippen molar-refractivity contribution in [1.82, 2.24) is 15.0 Å². The molecule has 10 heteroatoms. The minimum Gasteiger partial charge on any atom is -0.476 e. The van der Waals surface area contributed by atoms with Gasteiger partial charge in [0.15, 0.2) is 5.69 Å². The zero-order valence-corrected chi connectivity index (χ0v) is 10.5. The maximum absolute atomic E-state index is 11.8. The lowest BCUT2D eigenvalue weighted by atomic mass is 10.2. The summed E-state index contributed by atoms with van der Waals surface area (Å²) < 4.78 is 1.02. The number of aromatic nitrogens is 3. The molecule has 0 spiro atoms. The van der Waals surface area contributed by atoms with Crippen LogP contribution in [0.1, 0.15) is 10.5 Å². The third kappa shape index (κ3) is 3.37. The Morgan fingerprint density at radius 1 is 1.38 bits per heavy atom. The molecule has 0 unspecified atom stereocenters. The number of nitro groups is 1. The van der Waals surface area contributed by atoms with E-state index in [1.807, 2.05) is 0 Å². The van der Waals surface area contributed by atoms with Crippen LogP contribution in [-0.4, -0.2) is 36.9 Å². The minimum absolute atomic E-state index is 0.0473. The number of para-hydroxylation sites is 2. The average molecular weight is 291 g/mol. The lowest BCUT2D eigenvalue weighted by Gasteiger charge is -2.05. The number of anilines is 1. The van der Waals surface area contributed by atoms with Crippen molar-refractivity contribution in [2.24, 2.45) is 0 Å². The highest BCUT2D eigenvalue weighted by atomic mass is 16.6. The summed E-state index contributed by atoms with van der Waals surface area (Å²) in [6, 6.07) is 5.67. The fraction of sp³-hybridized carbons (Fsp3) is 0.0909. The molecule has 2 N–H and O–H groups in total. The molecule has 21 heavy (non-hydrogen) atoms. The van der Waals surface area contributed by atoms with Crippen molar-refractivity contribution in [1.29, 1.82) is 0 Å². The van der Waals surface area contributed by atoms with E-state index in [4.69, 9.17) is 5.11 Å². The highest BCUT2D eigenvalue weighted by Crippen LogP contribution is 2.22. The number of carbonyl (C=O) groups is 2. The first kappa shape index (κ1) is 14.1. The third-order valence-electron chi connectivity index (χ3n) is 2.44. The monoisotopic (exact) mass is 291 g/mol. The summed E-state index contributed by atoms with van der Waals surface area (Å²) >= 11 is 0. The van der Waals surface area contributed by atoms with Gasteiger partial charge in [-0.3, -0.25) is 14.9 Å². The average Bonchev–Trinajstić information content (AvgIpc) is 2.87. The van der Waals surface area contributed by atoms with E-state index in [-0.39, 0.29) is 23.6 Å². The van der Waals surface area contributed by atoms with Crippen LogP contribution in [0.2, 0.25) is 0 Å². The van der Waals surface area contributed by atoms with Crippen molar-refractivity contribution in [2.75, 3.05) is 5.32 Å². The van der Waals surface area contributed by atoms with Gasteiger partial charge in [-0.1, -0.05) is 17.3 Å². The van der Waals surface area contributed by atoms with E-state index in [1.54, 1.807) is 6.07 Å². The Balaban J connectivity index is 2.08. The number of nitro benzene ring substituents is 1. The van der Waals surface area contributed by atoms with E-state index in [1.165, 1.54) is 18.2 Å². The molecule has 1 heterocycles. The molecule has 10 nitrogen and oxygen atoms in total. The lowest BCUT2D eigenvalue weighted by molar-refractivity contribution is -0.383. The van der Waals surface area contributed by atoms with Crippen LogP contribution in [0.4, 0.5) is 11.4 Å². The van der Waals surface area contributed by atoms with Crippen molar-refractivity contribution in [2.45, 2.75) is 6.54 Å². The van der Waals surface area contributed by atoms with E-state index < -0.39 is 16.8 Å². The van der Waals surface area contributed by atoms with Gasteiger partial charge < -0.3 is 10.4 Å². The quantitative estimate of drug-likeness (QED) is 0.604. The van der Waals surface area contributed by atoms with Crippen molar-refractivity contribution in [3.63, 3.8) is 0 Å². The van der Waals surface area contributed by atoms with Crippen molar-refractivity contribution in [3.05, 3.63) is 46.3 Å². The molecule has 0 aliphatic carbocycles. The Kier molecular flexibility index (Phi) is 3.88. The van der Waals surface area contributed by atoms with Crippen LogP contribution in [0.15, 0.2) is 30.5 Å². The number of nitrogens with one attached hydrogen (secondary N) is 1. The molecule has 1 aromatic heterocycles. The first-order chi connectivity index (χ1) is 9.97. The van der Waals surface area contributed by atoms with Gasteiger partial charge in [-0.25, -0.2) is 9.48 Å². The molecule has 1 amide bonds. The van der Waals surface area contributed by atoms with Crippen LogP contribution in [0, 0.1) is 10.1 Å². The van der Waals surface area contributed by atoms with Gasteiger partial charge >= 0.3 is 5.97 Å². The van der Waals surface area contributed by atoms with Crippen LogP contribution < -0.4 is 5.32 Å². The Morgan fingerprint density at radius 2 is 2.10 bits per heavy atom. The third-order valence-corrected chi connectivity index (χ3v) is 2.44. The molecule has 0 saturated heterocycles. The molecule has 0 saturated carbocycles. The molecule has 1 aromatic carbocycles. The van der Waals surface area contributed by atoms with Crippen molar-refractivity contribution < 1.29 is 19.6 Å². The van der Waals surface area contributed by atoms with Crippen LogP contribution in [0.5, 0.6) is 0 Å². The van der Waals surface area contributed by atoms with Crippen LogP contribution in [0.3, 0.4) is 0 Å². The summed E-state index contributed by atoms with van der Waals surface area (Å²) in [7, 11) is 0. The van der Waals surface area contributed by atoms with Gasteiger partial charge in [0, 0.05) is 6.07 Å². The normalized spacial score (nSPS) is 10.1. The summed E-state index contributed by atoms with van der Waals surface area (Å²) in [6.07, 6.45) is 1.08. The molecule has 0 radical (unpaired) electrons. The summed E-state index contributed by atoms with van der Waals surface area (Å²) in [5, 5.41) is 28.7. The number of aromatic carboxylic acids is 1. The maximum Gasteiger partial charge on any atom is 0.358 e. The molecular weight excluding hydrogens is 282 g/mol. The Hall–Kier alpha value is -3.30. The highest BCUT2D eigenvalue weighted by Gasteiger charge is 2.16. The lowest BCUT2D eigenvalue weighted by Crippen LogP contribution is -2.19. The number of hydrogen-bond donors (Lipinski definition) is 2. The van der Waals surface area contributed by atoms with Crippen LogP contribution >= 0.6 is 0 Å². The minimum atomic E-state index is -1.26. The Morgan fingerprint density at radius 3 is 2.71 bits per heavy atom. The van der Waals surface area contributed by atoms with E-state index in [0.29, 0.717) is 0 Å². The topological polar surface area (TPSA) is 140 Å². The molecule has 0 aliphatic heterocycles. The van der Waals surface area contributed by atoms with Crippen LogP contribution in [0.25, 0.3) is 0 Å². The highest BCUT2D eigenvalue weighted by molar-refractivity contribution is 5.93. The summed E-state index contributed by atoms with van der Waals surface area (Å²) in [5.41, 5.74) is -0.491. The van der Waals surface area contributed by atoms with Gasteiger partial charge in [0.05, 0.1) is 11.1 Å². The van der Waals surface area contributed by atoms with Crippen LogP contribution in [-0.2, 0) is 11.3 Å². The van der Waals surface area contributed by atoms with E-state index in [2.05, 4.69) is 15.6 Å². The molecule has 0 bridgehead atoms. The van der Waals surface area contributed by atoms with Gasteiger partial charge in [-0.15, -0.1) is 5.10 Å². The zero-order chi connectivity index (χ0) is 15.4. The number of nitrogens with zero attached hydrogens (tertiary/aromatic N) is 4. The Labute approximate surface area is 117 Å². The number of benzene rings is 1. The first-order valence-corrected chi connectivity index (χ1v) is 5.64. The molecule has 0 atom stereocenters. The predicted octanol–water partition coefficient (Wildman–Crippen LogP) is 0.523. The van der Waals surface area contributed by atoms with Gasteiger partial charge in [-0.05, 0) is 6.07 Å². The number of amides is 1. The van der Waals surface area contributed by atoms with E-state index in [9.17, 15) is 19.7 Å². The number of carboxylic acids is 1. The standard InChI is InChI=1S/C11H9N5O5/c17-10(6-15-5-8(11(18)19)13-14-15)12-7-3-1-2-4-9(7)16(20)21/h1-5H,6H2,(H,12,17)(H,18,19). The maximum atomic E-state index is 11.8. The molecule has 0 aliphatic rings. The molecule has 108 valence electrons. The van der Waals surface area contributed by atoms with Gasteiger partial charge in [0.25, 0.3) is 5.69 Å². The fourth-order valence-corrected chi connectivity index (χ4v) is 1.55. The summed E-state index contributed by atoms with van der Waals surface area (Å²) in [4.78, 5) is 32.6. The molecular formula is C11H9N5O5. The van der Waals surface area contributed by atoms with E-state index >= 15 is 0 Å². The number of hydrogen-bond acceptors (Lipinski definition) is 6. The van der Waals surface area contributed by atoms with Crippen molar-refractivity contribution >= 4 is 23.3 Å². The second-order valence-corrected chi connectivity index (χ2v) is 3.93. The summed E-state index contributed by atoms with van der Waals surface area (Å²) in [5.74, 6) is -1.86. The van der Waals surface area contributed by atoms with Gasteiger partial charge in [0.1, 0.15) is 12.2 Å². The number of rotatable bonds is 5. The SMILES string of the molecule is O=C(Cn1cc(C(=O)O)nn1)Nc1ccccc1[N+](=O)[O-]. The summed E-state index contributed by atoms with van der Waals surface area (Å²) in [6.45, 7) is -0.313. The first-order valence-electron chi connectivity index (χ1n) is 5.64. The fourth-order valence-electron chi connectivity index (χ4n) is 1.55. The molecule has 2 aromatic rings. The van der Waals surface area contributed by atoms with Gasteiger partial charge in [0.2, 0.25) is 5.91 Å². The molecule has 0 fully saturated rings. The smallest absolute Gasteiger partial charge is 0.358 e. The predicted molar refractivity (Wildman–Crippen MR) is 68.7 cm³/mol.